The maximum atomic E-state index is 6.23. The number of para-hydroxylation sites is 1. The molecule has 0 spiro atoms. The molecule has 342 valence electrons. The molecule has 0 unspecified atom stereocenters. The van der Waals surface area contributed by atoms with Gasteiger partial charge in [-0.25, -0.2) is 0 Å². The van der Waals surface area contributed by atoms with Gasteiger partial charge in [-0.2, -0.15) is 0 Å². The van der Waals surface area contributed by atoms with Crippen LogP contribution in [0.2, 0.25) is 0 Å². The number of hydrogen-bond acceptors (Lipinski definition) is 2. The number of fused-ring (bicyclic) bond motifs is 7. The lowest BCUT2D eigenvalue weighted by molar-refractivity contribution is 0.669. The Balaban J connectivity index is 0.869. The van der Waals surface area contributed by atoms with Gasteiger partial charge in [0.2, 0.25) is 0 Å². The second kappa shape index (κ2) is 17.4. The molecular formula is C71H47NO. The molecule has 73 heavy (non-hydrogen) atoms. The molecule has 2 nitrogen and oxygen atoms in total. The zero-order valence-corrected chi connectivity index (χ0v) is 40.0. The van der Waals surface area contributed by atoms with E-state index in [1.807, 2.05) is 12.1 Å². The predicted molar refractivity (Wildman–Crippen MR) is 305 cm³/mol. The molecule has 2 heteroatoms. The first-order valence-electron chi connectivity index (χ1n) is 25.1. The van der Waals surface area contributed by atoms with Gasteiger partial charge in [-0.05, 0) is 143 Å². The van der Waals surface area contributed by atoms with Crippen LogP contribution in [0.3, 0.4) is 0 Å². The number of benzene rings is 12. The van der Waals surface area contributed by atoms with Crippen LogP contribution in [-0.2, 0) is 5.41 Å². The summed E-state index contributed by atoms with van der Waals surface area (Å²) in [4.78, 5) is 2.38. The van der Waals surface area contributed by atoms with Crippen molar-refractivity contribution in [1.29, 1.82) is 0 Å². The molecular weight excluding hydrogens is 883 g/mol. The summed E-state index contributed by atoms with van der Waals surface area (Å²) < 4.78 is 6.23. The molecule has 13 aromatic rings. The van der Waals surface area contributed by atoms with Crippen molar-refractivity contribution in [3.8, 4) is 55.6 Å². The van der Waals surface area contributed by atoms with E-state index in [0.29, 0.717) is 0 Å². The number of rotatable bonds is 9. The Bertz CT molecular complexity index is 4130. The van der Waals surface area contributed by atoms with E-state index in [2.05, 4.69) is 278 Å². The van der Waals surface area contributed by atoms with Gasteiger partial charge in [0.05, 0.1) is 5.41 Å². The molecule has 0 fully saturated rings. The van der Waals surface area contributed by atoms with E-state index in [0.717, 1.165) is 50.1 Å². The van der Waals surface area contributed by atoms with Crippen molar-refractivity contribution in [2.45, 2.75) is 5.41 Å². The number of nitrogens with zero attached hydrogens (tertiary/aromatic N) is 1. The molecule has 0 saturated carbocycles. The molecule has 0 radical (unpaired) electrons. The van der Waals surface area contributed by atoms with Gasteiger partial charge in [-0.1, -0.05) is 231 Å². The first kappa shape index (κ1) is 42.4. The van der Waals surface area contributed by atoms with Crippen molar-refractivity contribution in [2.75, 3.05) is 4.90 Å². The number of furan rings is 1. The molecule has 0 aliphatic heterocycles. The average Bonchev–Trinajstić information content (AvgIpc) is 4.00. The van der Waals surface area contributed by atoms with Gasteiger partial charge in [0.15, 0.2) is 0 Å². The van der Waals surface area contributed by atoms with Crippen LogP contribution in [-0.4, -0.2) is 0 Å². The number of anilines is 3. The van der Waals surface area contributed by atoms with Crippen LogP contribution in [0.15, 0.2) is 290 Å². The van der Waals surface area contributed by atoms with E-state index in [1.165, 1.54) is 77.5 Å². The molecule has 0 atom stereocenters. The van der Waals surface area contributed by atoms with Crippen molar-refractivity contribution < 1.29 is 4.42 Å². The standard InChI is InChI=1S/C71H47NO/c1-3-19-55(20-4-1)71(56-21-5-2-6-22-56)66-29-11-9-26-64(66)70-62(28-15-30-67(70)71)52-38-43-58(44-39-52)72(59-23-13-18-53(46-59)54-40-45-69-65(47-54)63-25-10-12-31-68(63)73-69)57-41-36-49(37-42-57)48-32-34-51(35-33-48)61-27-14-17-50-16-7-8-24-60(50)61/h1-47H. The van der Waals surface area contributed by atoms with Crippen molar-refractivity contribution in [1.82, 2.24) is 0 Å². The lowest BCUT2D eigenvalue weighted by atomic mass is 9.67. The quantitative estimate of drug-likeness (QED) is 0.143. The third kappa shape index (κ3) is 7.02. The largest absolute Gasteiger partial charge is 0.456 e. The van der Waals surface area contributed by atoms with E-state index < -0.39 is 5.41 Å². The second-order valence-corrected chi connectivity index (χ2v) is 19.1. The summed E-state index contributed by atoms with van der Waals surface area (Å²) in [6, 6.07) is 104. The van der Waals surface area contributed by atoms with Gasteiger partial charge in [0.1, 0.15) is 11.2 Å². The lowest BCUT2D eigenvalue weighted by Crippen LogP contribution is -2.28. The van der Waals surface area contributed by atoms with Crippen molar-refractivity contribution in [2.24, 2.45) is 0 Å². The third-order valence-electron chi connectivity index (χ3n) is 15.2. The van der Waals surface area contributed by atoms with Gasteiger partial charge < -0.3 is 9.32 Å². The molecule has 1 aromatic heterocycles. The summed E-state index contributed by atoms with van der Waals surface area (Å²) in [7, 11) is 0. The molecule has 1 aliphatic carbocycles. The highest BCUT2D eigenvalue weighted by Gasteiger charge is 2.46. The molecule has 0 saturated heterocycles. The highest BCUT2D eigenvalue weighted by molar-refractivity contribution is 6.06. The first-order chi connectivity index (χ1) is 36.2. The topological polar surface area (TPSA) is 16.4 Å². The Morgan fingerprint density at radius 1 is 0.274 bits per heavy atom. The first-order valence-corrected chi connectivity index (χ1v) is 25.1. The fraction of sp³-hybridized carbons (Fsp3) is 0.0141. The van der Waals surface area contributed by atoms with Gasteiger partial charge in [-0.3, -0.25) is 0 Å². The summed E-state index contributed by atoms with van der Waals surface area (Å²) in [5.41, 5.74) is 21.7. The molecule has 0 bridgehead atoms. The average molecular weight is 930 g/mol. The maximum Gasteiger partial charge on any atom is 0.135 e. The van der Waals surface area contributed by atoms with Gasteiger partial charge in [0.25, 0.3) is 0 Å². The highest BCUT2D eigenvalue weighted by atomic mass is 16.3. The minimum atomic E-state index is -0.466. The van der Waals surface area contributed by atoms with E-state index in [1.54, 1.807) is 0 Å². The zero-order valence-electron chi connectivity index (χ0n) is 40.0. The van der Waals surface area contributed by atoms with Crippen molar-refractivity contribution in [3.05, 3.63) is 307 Å². The molecule has 0 amide bonds. The fourth-order valence-corrected chi connectivity index (χ4v) is 11.8. The van der Waals surface area contributed by atoms with E-state index in [9.17, 15) is 0 Å². The minimum absolute atomic E-state index is 0.466. The Morgan fingerprint density at radius 2 is 0.767 bits per heavy atom. The van der Waals surface area contributed by atoms with Gasteiger partial charge in [0, 0.05) is 27.8 Å². The molecule has 1 aliphatic rings. The van der Waals surface area contributed by atoms with E-state index in [-0.39, 0.29) is 0 Å². The third-order valence-corrected chi connectivity index (χ3v) is 15.2. The Kier molecular flexibility index (Phi) is 10.1. The van der Waals surface area contributed by atoms with Crippen LogP contribution in [0.1, 0.15) is 22.3 Å². The monoisotopic (exact) mass is 929 g/mol. The van der Waals surface area contributed by atoms with Crippen LogP contribution in [0.5, 0.6) is 0 Å². The lowest BCUT2D eigenvalue weighted by Gasteiger charge is -2.34. The SMILES string of the molecule is c1ccc(C2(c3ccccc3)c3ccccc3-c3c(-c4ccc(N(c5ccc(-c6ccc(-c7cccc8ccccc78)cc6)cc5)c5cccc(-c6ccc7oc8ccccc8c7c6)c5)cc4)cccc32)cc1. The van der Waals surface area contributed by atoms with E-state index in [4.69, 9.17) is 4.42 Å². The summed E-state index contributed by atoms with van der Waals surface area (Å²) in [6.45, 7) is 0. The summed E-state index contributed by atoms with van der Waals surface area (Å²) in [5, 5.41) is 4.76. The van der Waals surface area contributed by atoms with Gasteiger partial charge >= 0.3 is 0 Å². The summed E-state index contributed by atoms with van der Waals surface area (Å²) in [6.07, 6.45) is 0. The summed E-state index contributed by atoms with van der Waals surface area (Å²) in [5.74, 6) is 0. The smallest absolute Gasteiger partial charge is 0.135 e. The number of hydrogen-bond donors (Lipinski definition) is 0. The molecule has 14 rings (SSSR count). The Morgan fingerprint density at radius 3 is 1.52 bits per heavy atom. The Labute approximate surface area is 425 Å². The Hall–Kier alpha value is -9.50. The molecule has 12 aromatic carbocycles. The normalized spacial score (nSPS) is 12.5. The molecule has 1 heterocycles. The van der Waals surface area contributed by atoms with Crippen molar-refractivity contribution >= 4 is 49.8 Å². The minimum Gasteiger partial charge on any atom is -0.456 e. The summed E-state index contributed by atoms with van der Waals surface area (Å²) >= 11 is 0. The zero-order chi connectivity index (χ0) is 48.3. The predicted octanol–water partition coefficient (Wildman–Crippen LogP) is 19.2. The maximum absolute atomic E-state index is 6.23. The van der Waals surface area contributed by atoms with Crippen LogP contribution in [0.25, 0.3) is 88.3 Å². The highest BCUT2D eigenvalue weighted by Crippen LogP contribution is 2.58. The van der Waals surface area contributed by atoms with Crippen LogP contribution in [0, 0.1) is 0 Å². The van der Waals surface area contributed by atoms with Crippen LogP contribution < -0.4 is 4.90 Å². The van der Waals surface area contributed by atoms with E-state index >= 15 is 0 Å². The van der Waals surface area contributed by atoms with Crippen LogP contribution >= 0.6 is 0 Å². The van der Waals surface area contributed by atoms with Crippen LogP contribution in [0.4, 0.5) is 17.1 Å². The van der Waals surface area contributed by atoms with Crippen molar-refractivity contribution in [3.63, 3.8) is 0 Å². The van der Waals surface area contributed by atoms with Gasteiger partial charge in [-0.15, -0.1) is 0 Å². The molecule has 0 N–H and O–H groups in total. The second-order valence-electron chi connectivity index (χ2n) is 19.1. The fourth-order valence-electron chi connectivity index (χ4n) is 11.8.